The third kappa shape index (κ3) is 2.51. The van der Waals surface area contributed by atoms with Crippen molar-refractivity contribution in [3.63, 3.8) is 0 Å². The van der Waals surface area contributed by atoms with Crippen molar-refractivity contribution in [2.45, 2.75) is 27.2 Å². The van der Waals surface area contributed by atoms with E-state index < -0.39 is 17.3 Å². The van der Waals surface area contributed by atoms with Crippen molar-refractivity contribution in [3.8, 4) is 0 Å². The second-order valence-electron chi connectivity index (χ2n) is 5.19. The molecule has 0 unspecified atom stereocenters. The number of amides is 1. The number of carbonyl (C=O) groups excluding carboxylic acids is 1. The molecule has 1 aliphatic rings. The van der Waals surface area contributed by atoms with E-state index in [1.54, 1.807) is 11.0 Å². The Kier molecular flexibility index (Phi) is 3.96. The molecule has 96 valence electrons. The Hall–Kier alpha value is -1.32. The van der Waals surface area contributed by atoms with Crippen LogP contribution < -0.4 is 0 Å². The minimum atomic E-state index is -0.872. The predicted octanol–water partition coefficient (Wildman–Crippen LogP) is 1.77. The molecule has 0 spiro atoms. The summed E-state index contributed by atoms with van der Waals surface area (Å²) in [6, 6.07) is 0. The Morgan fingerprint density at radius 2 is 2.00 bits per heavy atom. The van der Waals surface area contributed by atoms with E-state index in [4.69, 9.17) is 5.11 Å². The number of nitrogens with zero attached hydrogens (tertiary/aromatic N) is 1. The third-order valence-electron chi connectivity index (χ3n) is 3.51. The van der Waals surface area contributed by atoms with Crippen molar-refractivity contribution in [2.24, 2.45) is 17.3 Å². The first kappa shape index (κ1) is 13.7. The largest absolute Gasteiger partial charge is 0.481 e. The van der Waals surface area contributed by atoms with Gasteiger partial charge in [0.25, 0.3) is 0 Å². The molecule has 0 aliphatic heterocycles. The number of aliphatic carboxylic acids is 1. The Balaban J connectivity index is 2.76. The maximum absolute atomic E-state index is 12.2. The van der Waals surface area contributed by atoms with Crippen molar-refractivity contribution in [2.75, 3.05) is 13.1 Å². The van der Waals surface area contributed by atoms with Crippen LogP contribution in [0.1, 0.15) is 27.2 Å². The lowest BCUT2D eigenvalue weighted by Crippen LogP contribution is -2.34. The van der Waals surface area contributed by atoms with Crippen LogP contribution in [0, 0.1) is 17.3 Å². The summed E-state index contributed by atoms with van der Waals surface area (Å²) in [4.78, 5) is 25.0. The van der Waals surface area contributed by atoms with Gasteiger partial charge < -0.3 is 10.0 Å². The zero-order valence-electron chi connectivity index (χ0n) is 10.8. The first-order valence-electron chi connectivity index (χ1n) is 6.00. The van der Waals surface area contributed by atoms with E-state index >= 15 is 0 Å². The van der Waals surface area contributed by atoms with E-state index in [-0.39, 0.29) is 11.8 Å². The van der Waals surface area contributed by atoms with Crippen molar-refractivity contribution < 1.29 is 14.7 Å². The van der Waals surface area contributed by atoms with E-state index in [0.29, 0.717) is 13.1 Å². The van der Waals surface area contributed by atoms with Crippen LogP contribution in [0.15, 0.2) is 12.7 Å². The van der Waals surface area contributed by atoms with Crippen LogP contribution in [0.4, 0.5) is 0 Å². The third-order valence-corrected chi connectivity index (χ3v) is 3.51. The summed E-state index contributed by atoms with van der Waals surface area (Å²) in [5, 5.41) is 9.06. The molecule has 0 aromatic carbocycles. The Labute approximate surface area is 102 Å². The van der Waals surface area contributed by atoms with Gasteiger partial charge in [-0.1, -0.05) is 26.8 Å². The van der Waals surface area contributed by atoms with E-state index in [1.165, 1.54) is 0 Å². The number of rotatable bonds is 6. The second-order valence-corrected chi connectivity index (χ2v) is 5.19. The Morgan fingerprint density at radius 1 is 1.41 bits per heavy atom. The standard InChI is InChI=1S/C13H21NO3/c1-5-7-14(8-6-2)11(15)9-10(12(16)17)13(9,3)4/h5,9-10H,1,6-8H2,2-4H3,(H,16,17)/t9-,10+/m1/s1. The fourth-order valence-corrected chi connectivity index (χ4v) is 2.47. The molecule has 1 amide bonds. The molecule has 0 aromatic rings. The van der Waals surface area contributed by atoms with Gasteiger partial charge in [0.1, 0.15) is 0 Å². The van der Waals surface area contributed by atoms with E-state index in [9.17, 15) is 9.59 Å². The van der Waals surface area contributed by atoms with Gasteiger partial charge in [0, 0.05) is 13.1 Å². The van der Waals surface area contributed by atoms with Gasteiger partial charge in [-0.3, -0.25) is 9.59 Å². The summed E-state index contributed by atoms with van der Waals surface area (Å²) in [6.07, 6.45) is 2.54. The van der Waals surface area contributed by atoms with Crippen molar-refractivity contribution >= 4 is 11.9 Å². The normalized spacial score (nSPS) is 25.1. The van der Waals surface area contributed by atoms with Crippen molar-refractivity contribution in [3.05, 3.63) is 12.7 Å². The summed E-state index contributed by atoms with van der Waals surface area (Å²) in [5.41, 5.74) is -0.421. The highest BCUT2D eigenvalue weighted by molar-refractivity contribution is 5.91. The monoisotopic (exact) mass is 239 g/mol. The SMILES string of the molecule is C=CCN(CCC)C(=O)[C@H]1[C@@H](C(=O)O)C1(C)C. The fraction of sp³-hybridized carbons (Fsp3) is 0.692. The smallest absolute Gasteiger partial charge is 0.307 e. The summed E-state index contributed by atoms with van der Waals surface area (Å²) in [6.45, 7) is 10.4. The summed E-state index contributed by atoms with van der Waals surface area (Å²) >= 11 is 0. The fourth-order valence-electron chi connectivity index (χ4n) is 2.47. The number of carbonyl (C=O) groups is 2. The number of carboxylic acids is 1. The van der Waals surface area contributed by atoms with Crippen LogP contribution in [-0.2, 0) is 9.59 Å². The van der Waals surface area contributed by atoms with Gasteiger partial charge in [0.2, 0.25) is 5.91 Å². The molecule has 0 heterocycles. The Morgan fingerprint density at radius 3 is 2.35 bits per heavy atom. The summed E-state index contributed by atoms with van der Waals surface area (Å²) < 4.78 is 0. The topological polar surface area (TPSA) is 57.6 Å². The van der Waals surface area contributed by atoms with Crippen LogP contribution >= 0.6 is 0 Å². The number of hydrogen-bond donors (Lipinski definition) is 1. The lowest BCUT2D eigenvalue weighted by molar-refractivity contribution is -0.142. The van der Waals surface area contributed by atoms with Crippen LogP contribution in [0.5, 0.6) is 0 Å². The maximum Gasteiger partial charge on any atom is 0.307 e. The minimum absolute atomic E-state index is 0.0517. The molecule has 0 radical (unpaired) electrons. The average molecular weight is 239 g/mol. The van der Waals surface area contributed by atoms with Crippen LogP contribution in [0.2, 0.25) is 0 Å². The molecule has 0 bridgehead atoms. The zero-order chi connectivity index (χ0) is 13.2. The van der Waals surface area contributed by atoms with Crippen LogP contribution in [0.3, 0.4) is 0 Å². The summed E-state index contributed by atoms with van der Waals surface area (Å²) in [5.74, 6) is -1.85. The lowest BCUT2D eigenvalue weighted by Gasteiger charge is -2.21. The van der Waals surface area contributed by atoms with E-state index in [1.807, 2.05) is 20.8 Å². The molecule has 4 heteroatoms. The maximum atomic E-state index is 12.2. The number of carboxylic acid groups (broad SMARTS) is 1. The highest BCUT2D eigenvalue weighted by atomic mass is 16.4. The Bertz CT molecular complexity index is 336. The first-order valence-corrected chi connectivity index (χ1v) is 6.00. The molecule has 2 atom stereocenters. The average Bonchev–Trinajstić information content (AvgIpc) is 2.80. The van der Waals surface area contributed by atoms with E-state index in [2.05, 4.69) is 6.58 Å². The molecule has 1 fully saturated rings. The quantitative estimate of drug-likeness (QED) is 0.719. The van der Waals surface area contributed by atoms with Gasteiger partial charge in [0.15, 0.2) is 0 Å². The summed E-state index contributed by atoms with van der Waals surface area (Å²) in [7, 11) is 0. The molecule has 1 aliphatic carbocycles. The van der Waals surface area contributed by atoms with Gasteiger partial charge >= 0.3 is 5.97 Å². The molecule has 1 N–H and O–H groups in total. The minimum Gasteiger partial charge on any atom is -0.481 e. The molecular weight excluding hydrogens is 218 g/mol. The molecule has 0 saturated heterocycles. The van der Waals surface area contributed by atoms with Gasteiger partial charge in [-0.2, -0.15) is 0 Å². The van der Waals surface area contributed by atoms with Gasteiger partial charge in [0.05, 0.1) is 11.8 Å². The molecule has 17 heavy (non-hydrogen) atoms. The highest BCUT2D eigenvalue weighted by Crippen LogP contribution is 2.59. The first-order chi connectivity index (χ1) is 7.87. The van der Waals surface area contributed by atoms with Crippen molar-refractivity contribution in [1.82, 2.24) is 4.90 Å². The van der Waals surface area contributed by atoms with Gasteiger partial charge in [-0.15, -0.1) is 6.58 Å². The van der Waals surface area contributed by atoms with Gasteiger partial charge in [-0.25, -0.2) is 0 Å². The number of hydrogen-bond acceptors (Lipinski definition) is 2. The molecule has 1 saturated carbocycles. The zero-order valence-corrected chi connectivity index (χ0v) is 10.8. The van der Waals surface area contributed by atoms with Crippen LogP contribution in [0.25, 0.3) is 0 Å². The predicted molar refractivity (Wildman–Crippen MR) is 65.5 cm³/mol. The second kappa shape index (κ2) is 4.90. The molecule has 4 nitrogen and oxygen atoms in total. The van der Waals surface area contributed by atoms with E-state index in [0.717, 1.165) is 6.42 Å². The van der Waals surface area contributed by atoms with Crippen molar-refractivity contribution in [1.29, 1.82) is 0 Å². The molecular formula is C13H21NO3. The lowest BCUT2D eigenvalue weighted by atomic mass is 10.1. The molecule has 1 rings (SSSR count). The molecule has 0 aromatic heterocycles. The van der Waals surface area contributed by atoms with Gasteiger partial charge in [-0.05, 0) is 11.8 Å². The highest BCUT2D eigenvalue weighted by Gasteiger charge is 2.66. The van der Waals surface area contributed by atoms with Crippen LogP contribution in [-0.4, -0.2) is 35.0 Å².